The van der Waals surface area contributed by atoms with Gasteiger partial charge in [0.1, 0.15) is 5.82 Å². The van der Waals surface area contributed by atoms with Crippen LogP contribution in [0.1, 0.15) is 33.0 Å². The van der Waals surface area contributed by atoms with Gasteiger partial charge < -0.3 is 15.4 Å². The smallest absolute Gasteiger partial charge is 0.261 e. The highest BCUT2D eigenvalue weighted by Gasteiger charge is 2.35. The van der Waals surface area contributed by atoms with E-state index in [1.807, 2.05) is 0 Å². The third-order valence-corrected chi connectivity index (χ3v) is 4.47. The predicted molar refractivity (Wildman–Crippen MR) is 100 cm³/mol. The van der Waals surface area contributed by atoms with E-state index in [0.29, 0.717) is 23.7 Å². The number of nitrogens with zero attached hydrogens (tertiary/aromatic N) is 2. The van der Waals surface area contributed by atoms with Crippen LogP contribution in [0.5, 0.6) is 0 Å². The third-order valence-electron chi connectivity index (χ3n) is 4.14. The number of hydrogen-bond acceptors (Lipinski definition) is 6. The van der Waals surface area contributed by atoms with Crippen LogP contribution in [-0.2, 0) is 4.79 Å². The molecule has 0 bridgehead atoms. The van der Waals surface area contributed by atoms with Crippen LogP contribution in [0, 0.1) is 0 Å². The minimum Gasteiger partial charge on any atom is -0.396 e. The Balaban J connectivity index is 2.03. The molecule has 8 nitrogen and oxygen atoms in total. The Bertz CT molecular complexity index is 940. The molecule has 0 atom stereocenters. The number of aromatic nitrogens is 2. The number of carbonyl (C=O) groups excluding carboxylic acids is 3. The van der Waals surface area contributed by atoms with Crippen LogP contribution in [-0.4, -0.2) is 58.3 Å². The molecule has 27 heavy (non-hydrogen) atoms. The number of fused-ring (bicyclic) bond motifs is 2. The van der Waals surface area contributed by atoms with Gasteiger partial charge in [-0.3, -0.25) is 19.3 Å². The van der Waals surface area contributed by atoms with Gasteiger partial charge in [-0.1, -0.05) is 11.6 Å². The molecule has 2 amide bonds. The number of allylic oxidation sites excluding steroid dienone is 3. The van der Waals surface area contributed by atoms with Gasteiger partial charge in [-0.15, -0.1) is 0 Å². The number of aliphatic hydroxyl groups is 1. The SMILES string of the molecule is CN/C=C\C(Cl)=C(/C=O)c1nc2cc3c(cc2[nH]1)C(=O)N(CCCO)C3=O. The lowest BCUT2D eigenvalue weighted by molar-refractivity contribution is -0.103. The second-order valence-corrected chi connectivity index (χ2v) is 6.25. The number of imide groups is 1. The fourth-order valence-electron chi connectivity index (χ4n) is 2.82. The maximum Gasteiger partial charge on any atom is 0.261 e. The lowest BCUT2D eigenvalue weighted by Crippen LogP contribution is -2.31. The van der Waals surface area contributed by atoms with Gasteiger partial charge in [-0.2, -0.15) is 0 Å². The molecule has 1 aromatic carbocycles. The van der Waals surface area contributed by atoms with Crippen molar-refractivity contribution >= 4 is 46.3 Å². The van der Waals surface area contributed by atoms with Crippen LogP contribution >= 0.6 is 11.6 Å². The molecule has 2 heterocycles. The number of benzene rings is 1. The summed E-state index contributed by atoms with van der Waals surface area (Å²) >= 11 is 6.13. The highest BCUT2D eigenvalue weighted by Crippen LogP contribution is 2.29. The molecule has 0 radical (unpaired) electrons. The zero-order valence-corrected chi connectivity index (χ0v) is 15.2. The molecule has 0 spiro atoms. The van der Waals surface area contributed by atoms with E-state index in [1.165, 1.54) is 12.1 Å². The van der Waals surface area contributed by atoms with Gasteiger partial charge in [0.05, 0.1) is 32.8 Å². The van der Waals surface area contributed by atoms with E-state index in [4.69, 9.17) is 16.7 Å². The number of aliphatic hydroxyl groups excluding tert-OH is 1. The number of amides is 2. The standard InChI is InChI=1S/C18H17ClN4O4/c1-20-4-3-13(19)12(9-25)16-21-14-7-10-11(8-15(14)22-16)18(27)23(17(10)26)5-2-6-24/h3-4,7-9,20,24H,2,5-6H2,1H3,(H,21,22)/b4-3-,13-12-. The topological polar surface area (TPSA) is 115 Å². The second-order valence-electron chi connectivity index (χ2n) is 5.84. The summed E-state index contributed by atoms with van der Waals surface area (Å²) in [6, 6.07) is 3.06. The molecule has 2 aromatic rings. The van der Waals surface area contributed by atoms with Gasteiger partial charge in [0.25, 0.3) is 11.8 Å². The van der Waals surface area contributed by atoms with Gasteiger partial charge in [0, 0.05) is 20.2 Å². The summed E-state index contributed by atoms with van der Waals surface area (Å²) in [5.41, 5.74) is 1.62. The zero-order valence-electron chi connectivity index (χ0n) is 14.5. The quantitative estimate of drug-likeness (QED) is 0.286. The third kappa shape index (κ3) is 3.36. The molecular weight excluding hydrogens is 372 g/mol. The number of carbonyl (C=O) groups is 3. The van der Waals surface area contributed by atoms with Gasteiger partial charge in [0.2, 0.25) is 0 Å². The fraction of sp³-hybridized carbons (Fsp3) is 0.222. The first kappa shape index (κ1) is 18.8. The number of H-pyrrole nitrogens is 1. The Labute approximate surface area is 159 Å². The number of imidazole rings is 1. The monoisotopic (exact) mass is 388 g/mol. The normalized spacial score (nSPS) is 14.9. The van der Waals surface area contributed by atoms with E-state index < -0.39 is 11.8 Å². The van der Waals surface area contributed by atoms with Crippen molar-refractivity contribution in [2.75, 3.05) is 20.2 Å². The molecule has 1 aliphatic heterocycles. The van der Waals surface area contributed by atoms with E-state index in [-0.39, 0.29) is 40.7 Å². The van der Waals surface area contributed by atoms with Crippen LogP contribution in [0.15, 0.2) is 29.4 Å². The molecule has 0 saturated carbocycles. The van der Waals surface area contributed by atoms with E-state index in [2.05, 4.69) is 15.3 Å². The lowest BCUT2D eigenvalue weighted by Gasteiger charge is -2.11. The van der Waals surface area contributed by atoms with Crippen LogP contribution in [0.3, 0.4) is 0 Å². The Kier molecular flexibility index (Phi) is 5.38. The molecular formula is C18H17ClN4O4. The fourth-order valence-corrected chi connectivity index (χ4v) is 3.02. The van der Waals surface area contributed by atoms with Crippen molar-refractivity contribution < 1.29 is 19.5 Å². The number of aromatic amines is 1. The van der Waals surface area contributed by atoms with Crippen molar-refractivity contribution in [2.24, 2.45) is 0 Å². The Hall–Kier alpha value is -2.97. The first-order valence-electron chi connectivity index (χ1n) is 8.21. The summed E-state index contributed by atoms with van der Waals surface area (Å²) in [6.07, 6.45) is 3.99. The zero-order chi connectivity index (χ0) is 19.6. The molecule has 9 heteroatoms. The van der Waals surface area contributed by atoms with Gasteiger partial charge >= 0.3 is 0 Å². The lowest BCUT2D eigenvalue weighted by atomic mass is 10.1. The number of halogens is 1. The minimum atomic E-state index is -0.420. The van der Waals surface area contributed by atoms with Crippen LogP contribution < -0.4 is 5.32 Å². The average molecular weight is 389 g/mol. The van der Waals surface area contributed by atoms with E-state index in [9.17, 15) is 14.4 Å². The Morgan fingerprint density at radius 2 is 2.04 bits per heavy atom. The maximum atomic E-state index is 12.5. The summed E-state index contributed by atoms with van der Waals surface area (Å²) in [6.45, 7) is 0.0452. The number of hydrogen-bond donors (Lipinski definition) is 3. The minimum absolute atomic E-state index is 0.108. The number of nitrogens with one attached hydrogen (secondary N) is 2. The van der Waals surface area contributed by atoms with Crippen LogP contribution in [0.25, 0.3) is 16.6 Å². The molecule has 3 N–H and O–H groups in total. The summed E-state index contributed by atoms with van der Waals surface area (Å²) in [7, 11) is 1.70. The molecule has 3 rings (SSSR count). The van der Waals surface area contributed by atoms with Crippen molar-refractivity contribution in [2.45, 2.75) is 6.42 Å². The average Bonchev–Trinajstić information content (AvgIpc) is 3.17. The van der Waals surface area contributed by atoms with Gasteiger partial charge in [-0.05, 0) is 30.8 Å². The van der Waals surface area contributed by atoms with Crippen molar-refractivity contribution in [3.8, 4) is 0 Å². The molecule has 140 valence electrons. The number of rotatable bonds is 7. The summed E-state index contributed by atoms with van der Waals surface area (Å²) in [5, 5.41) is 11.9. The predicted octanol–water partition coefficient (Wildman–Crippen LogP) is 1.42. The van der Waals surface area contributed by atoms with Crippen molar-refractivity contribution in [1.82, 2.24) is 20.2 Å². The second kappa shape index (κ2) is 7.73. The molecule has 0 fully saturated rings. The molecule has 1 aliphatic rings. The maximum absolute atomic E-state index is 12.5. The van der Waals surface area contributed by atoms with Crippen LogP contribution in [0.2, 0.25) is 0 Å². The Morgan fingerprint density at radius 1 is 1.33 bits per heavy atom. The number of aldehydes is 1. The van der Waals surface area contributed by atoms with E-state index in [0.717, 1.165) is 4.90 Å². The molecule has 1 aromatic heterocycles. The highest BCUT2D eigenvalue weighted by atomic mass is 35.5. The van der Waals surface area contributed by atoms with Crippen molar-refractivity contribution in [3.05, 3.63) is 46.4 Å². The van der Waals surface area contributed by atoms with E-state index in [1.54, 1.807) is 19.3 Å². The van der Waals surface area contributed by atoms with Gasteiger partial charge in [0.15, 0.2) is 6.29 Å². The first-order valence-corrected chi connectivity index (χ1v) is 8.59. The van der Waals surface area contributed by atoms with E-state index >= 15 is 0 Å². The molecule has 0 unspecified atom stereocenters. The molecule has 0 aliphatic carbocycles. The van der Waals surface area contributed by atoms with Crippen LogP contribution in [0.4, 0.5) is 0 Å². The highest BCUT2D eigenvalue weighted by molar-refractivity contribution is 6.38. The van der Waals surface area contributed by atoms with Crippen molar-refractivity contribution in [1.29, 1.82) is 0 Å². The summed E-state index contributed by atoms with van der Waals surface area (Å²) < 4.78 is 0. The summed E-state index contributed by atoms with van der Waals surface area (Å²) in [5.74, 6) is -0.592. The Morgan fingerprint density at radius 3 is 2.67 bits per heavy atom. The van der Waals surface area contributed by atoms with Crippen molar-refractivity contribution in [3.63, 3.8) is 0 Å². The largest absolute Gasteiger partial charge is 0.396 e. The van der Waals surface area contributed by atoms with Gasteiger partial charge in [-0.25, -0.2) is 4.98 Å². The summed E-state index contributed by atoms with van der Waals surface area (Å²) in [4.78, 5) is 44.8. The molecule has 0 saturated heterocycles. The first-order chi connectivity index (χ1) is 13.0.